The van der Waals surface area contributed by atoms with Gasteiger partial charge in [-0.2, -0.15) is 0 Å². The Balaban J connectivity index is 1.78. The Morgan fingerprint density at radius 1 is 1.23 bits per heavy atom. The Hall–Kier alpha value is -2.60. The van der Waals surface area contributed by atoms with Crippen molar-refractivity contribution in [3.05, 3.63) is 47.7 Å². The molecule has 0 radical (unpaired) electrons. The van der Waals surface area contributed by atoms with Crippen LogP contribution in [0.4, 0.5) is 17.2 Å². The van der Waals surface area contributed by atoms with Crippen LogP contribution in [-0.2, 0) is 9.53 Å². The molecule has 0 spiro atoms. The maximum absolute atomic E-state index is 12.6. The first-order valence-electron chi connectivity index (χ1n) is 11.0. The number of aromatic nitrogens is 1. The van der Waals surface area contributed by atoms with Gasteiger partial charge in [0.1, 0.15) is 5.82 Å². The number of nitrogens with zero attached hydrogens (tertiary/aromatic N) is 3. The fourth-order valence-electron chi connectivity index (χ4n) is 4.90. The summed E-state index contributed by atoms with van der Waals surface area (Å²) in [6, 6.07) is 12.8. The van der Waals surface area contributed by atoms with E-state index in [1.165, 1.54) is 5.69 Å². The molecule has 1 fully saturated rings. The van der Waals surface area contributed by atoms with Gasteiger partial charge in [0.25, 0.3) is 0 Å². The molecular weight excluding hydrogens is 376 g/mol. The summed E-state index contributed by atoms with van der Waals surface area (Å²) in [5.41, 5.74) is 4.35. The fraction of sp³-hybridized carbons (Fsp3) is 0.500. The second-order valence-corrected chi connectivity index (χ2v) is 8.35. The number of anilines is 3. The van der Waals surface area contributed by atoms with Gasteiger partial charge in [-0.15, -0.1) is 0 Å². The predicted octanol–water partition coefficient (Wildman–Crippen LogP) is 4.16. The van der Waals surface area contributed by atoms with Crippen LogP contribution in [0.2, 0.25) is 0 Å². The molecule has 6 nitrogen and oxygen atoms in total. The highest BCUT2D eigenvalue weighted by molar-refractivity contribution is 5.94. The molecule has 0 aliphatic carbocycles. The number of morpholine rings is 1. The Kier molecular flexibility index (Phi) is 5.95. The third-order valence-corrected chi connectivity index (χ3v) is 6.40. The molecule has 1 saturated heterocycles. The van der Waals surface area contributed by atoms with Crippen LogP contribution in [0.25, 0.3) is 0 Å². The minimum atomic E-state index is 0.0795. The molecule has 160 valence electrons. The minimum Gasteiger partial charge on any atom is -0.378 e. The Labute approximate surface area is 179 Å². The monoisotopic (exact) mass is 408 g/mol. The van der Waals surface area contributed by atoms with Crippen LogP contribution < -0.4 is 15.1 Å². The quantitative estimate of drug-likeness (QED) is 0.823. The number of pyridine rings is 1. The average molecular weight is 409 g/mol. The number of fused-ring (bicyclic) bond motifs is 1. The van der Waals surface area contributed by atoms with Crippen LogP contribution in [0.5, 0.6) is 0 Å². The lowest BCUT2D eigenvalue weighted by atomic mass is 9.80. The van der Waals surface area contributed by atoms with Gasteiger partial charge in [0.2, 0.25) is 5.91 Å². The van der Waals surface area contributed by atoms with Crippen LogP contribution in [0.1, 0.15) is 44.5 Å². The number of benzene rings is 1. The summed E-state index contributed by atoms with van der Waals surface area (Å²) < 4.78 is 5.52. The van der Waals surface area contributed by atoms with Crippen molar-refractivity contribution in [2.75, 3.05) is 41.4 Å². The van der Waals surface area contributed by atoms with Crippen molar-refractivity contribution in [1.82, 2.24) is 4.98 Å². The normalized spacial score (nSPS) is 23.8. The average Bonchev–Trinajstić information content (AvgIpc) is 2.75. The first-order valence-corrected chi connectivity index (χ1v) is 11.0. The fourth-order valence-corrected chi connectivity index (χ4v) is 4.90. The van der Waals surface area contributed by atoms with E-state index in [0.29, 0.717) is 0 Å². The van der Waals surface area contributed by atoms with Crippen LogP contribution >= 0.6 is 0 Å². The van der Waals surface area contributed by atoms with Gasteiger partial charge in [0.15, 0.2) is 0 Å². The van der Waals surface area contributed by atoms with E-state index in [2.05, 4.69) is 47.2 Å². The second kappa shape index (κ2) is 8.64. The van der Waals surface area contributed by atoms with Gasteiger partial charge in [-0.25, -0.2) is 4.98 Å². The Bertz CT molecular complexity index is 910. The van der Waals surface area contributed by atoms with Gasteiger partial charge < -0.3 is 19.9 Å². The molecule has 0 saturated carbocycles. The van der Waals surface area contributed by atoms with Crippen LogP contribution in [0.3, 0.4) is 0 Å². The predicted molar refractivity (Wildman–Crippen MR) is 121 cm³/mol. The molecule has 4 rings (SSSR count). The first kappa shape index (κ1) is 20.7. The topological polar surface area (TPSA) is 57.7 Å². The number of nitrogens with one attached hydrogen (secondary N) is 1. The van der Waals surface area contributed by atoms with Crippen molar-refractivity contribution in [3.63, 3.8) is 0 Å². The van der Waals surface area contributed by atoms with E-state index in [4.69, 9.17) is 4.74 Å². The minimum absolute atomic E-state index is 0.0795. The summed E-state index contributed by atoms with van der Waals surface area (Å²) in [6.07, 6.45) is 0.908. The SMILES string of the molecule is CC[C@H]1[C@H](C)C(Nc2cccc(C)n2)c2cc(N3CCOCC3)ccc2N1C(C)=O. The lowest BCUT2D eigenvalue weighted by Gasteiger charge is -2.45. The van der Waals surface area contributed by atoms with E-state index in [1.54, 1.807) is 6.92 Å². The number of amides is 1. The molecule has 2 aliphatic rings. The lowest BCUT2D eigenvalue weighted by molar-refractivity contribution is -0.117. The summed E-state index contributed by atoms with van der Waals surface area (Å²) in [6.45, 7) is 11.4. The number of ether oxygens (including phenoxy) is 1. The maximum Gasteiger partial charge on any atom is 0.224 e. The number of carbonyl (C=O) groups excluding carboxylic acids is 1. The van der Waals surface area contributed by atoms with E-state index in [-0.39, 0.29) is 23.9 Å². The van der Waals surface area contributed by atoms with Gasteiger partial charge in [-0.1, -0.05) is 19.9 Å². The summed E-state index contributed by atoms with van der Waals surface area (Å²) in [5, 5.41) is 3.69. The number of hydrogen-bond acceptors (Lipinski definition) is 5. The van der Waals surface area contributed by atoms with Crippen molar-refractivity contribution >= 4 is 23.1 Å². The molecule has 3 heterocycles. The zero-order valence-corrected chi connectivity index (χ0v) is 18.4. The smallest absolute Gasteiger partial charge is 0.224 e. The second-order valence-electron chi connectivity index (χ2n) is 8.35. The zero-order chi connectivity index (χ0) is 21.3. The van der Waals surface area contributed by atoms with Gasteiger partial charge in [-0.05, 0) is 43.7 Å². The number of carbonyl (C=O) groups is 1. The Morgan fingerprint density at radius 3 is 2.67 bits per heavy atom. The van der Waals surface area contributed by atoms with Gasteiger partial charge in [0, 0.05) is 54.6 Å². The van der Waals surface area contributed by atoms with Crippen molar-refractivity contribution in [2.45, 2.75) is 46.2 Å². The highest BCUT2D eigenvalue weighted by Crippen LogP contribution is 2.44. The molecular formula is C24H32N4O2. The van der Waals surface area contributed by atoms with Crippen molar-refractivity contribution < 1.29 is 9.53 Å². The largest absolute Gasteiger partial charge is 0.378 e. The van der Waals surface area contributed by atoms with E-state index in [1.807, 2.05) is 30.0 Å². The molecule has 0 bridgehead atoms. The molecule has 2 aliphatic heterocycles. The molecule has 1 aromatic carbocycles. The molecule has 3 atom stereocenters. The van der Waals surface area contributed by atoms with Crippen LogP contribution in [-0.4, -0.2) is 43.2 Å². The molecule has 1 N–H and O–H groups in total. The summed E-state index contributed by atoms with van der Waals surface area (Å²) in [7, 11) is 0. The van der Waals surface area contributed by atoms with E-state index in [9.17, 15) is 4.79 Å². The van der Waals surface area contributed by atoms with Gasteiger partial charge in [-0.3, -0.25) is 4.79 Å². The zero-order valence-electron chi connectivity index (χ0n) is 18.4. The van der Waals surface area contributed by atoms with Crippen LogP contribution in [0, 0.1) is 12.8 Å². The molecule has 2 aromatic rings. The van der Waals surface area contributed by atoms with Gasteiger partial charge in [0.05, 0.1) is 19.3 Å². The van der Waals surface area contributed by atoms with Crippen molar-refractivity contribution in [1.29, 1.82) is 0 Å². The summed E-state index contributed by atoms with van der Waals surface area (Å²) >= 11 is 0. The van der Waals surface area contributed by atoms with E-state index >= 15 is 0 Å². The van der Waals surface area contributed by atoms with Crippen molar-refractivity contribution in [2.24, 2.45) is 5.92 Å². The third-order valence-electron chi connectivity index (χ3n) is 6.40. The molecule has 6 heteroatoms. The summed E-state index contributed by atoms with van der Waals surface area (Å²) in [5.74, 6) is 1.22. The van der Waals surface area contributed by atoms with E-state index in [0.717, 1.165) is 55.5 Å². The first-order chi connectivity index (χ1) is 14.5. The number of hydrogen-bond donors (Lipinski definition) is 1. The standard InChI is InChI=1S/C24H32N4O2/c1-5-21-17(3)24(26-23-8-6-7-16(2)25-23)20-15-19(27-11-13-30-14-12-27)9-10-22(20)28(21)18(4)29/h6-10,15,17,21,24H,5,11-14H2,1-4H3,(H,25,26)/t17-,21-,24?/m0/s1. The summed E-state index contributed by atoms with van der Waals surface area (Å²) in [4.78, 5) is 21.7. The van der Waals surface area contributed by atoms with Crippen molar-refractivity contribution in [3.8, 4) is 0 Å². The third kappa shape index (κ3) is 3.88. The number of rotatable bonds is 4. The molecule has 30 heavy (non-hydrogen) atoms. The van der Waals surface area contributed by atoms with E-state index < -0.39 is 0 Å². The maximum atomic E-state index is 12.6. The molecule has 1 amide bonds. The lowest BCUT2D eigenvalue weighted by Crippen LogP contribution is -2.49. The Morgan fingerprint density at radius 2 is 2.00 bits per heavy atom. The van der Waals surface area contributed by atoms with Gasteiger partial charge >= 0.3 is 0 Å². The highest BCUT2D eigenvalue weighted by atomic mass is 16.5. The highest BCUT2D eigenvalue weighted by Gasteiger charge is 2.40. The van der Waals surface area contributed by atoms with Crippen LogP contribution in [0.15, 0.2) is 36.4 Å². The molecule has 1 unspecified atom stereocenters. The number of aryl methyl sites for hydroxylation is 1. The molecule has 1 aromatic heterocycles.